The molecule has 0 bridgehead atoms. The second kappa shape index (κ2) is 5.04. The largest absolute Gasteiger partial charge is 0.550 e. The molecule has 0 aromatic heterocycles. The van der Waals surface area contributed by atoms with E-state index in [0.717, 1.165) is 24.3 Å². The first kappa shape index (κ1) is 12.6. The fourth-order valence-corrected chi connectivity index (χ4v) is 2.02. The highest BCUT2D eigenvalue weighted by Gasteiger charge is 2.12. The van der Waals surface area contributed by atoms with Gasteiger partial charge in [0, 0.05) is 18.9 Å². The van der Waals surface area contributed by atoms with Crippen molar-refractivity contribution in [3.63, 3.8) is 0 Å². The first-order valence-electron chi connectivity index (χ1n) is 4.37. The molecule has 1 N–H and O–H groups in total. The van der Waals surface area contributed by atoms with Crippen molar-refractivity contribution in [2.24, 2.45) is 0 Å². The van der Waals surface area contributed by atoms with Crippen molar-refractivity contribution < 1.29 is 22.7 Å². The van der Waals surface area contributed by atoms with E-state index in [0.29, 0.717) is 0 Å². The van der Waals surface area contributed by atoms with Gasteiger partial charge in [-0.2, -0.15) is 0 Å². The molecule has 7 heteroatoms. The van der Waals surface area contributed by atoms with E-state index in [2.05, 4.69) is 4.72 Å². The average Bonchev–Trinajstić information content (AvgIpc) is 2.17. The second-order valence-corrected chi connectivity index (χ2v) is 4.74. The monoisotopic (exact) mass is 246 g/mol. The number of carbonyl (C=O) groups is 1. The average molecular weight is 246 g/mol. The quantitative estimate of drug-likeness (QED) is 0.740. The highest BCUT2D eigenvalue weighted by Crippen LogP contribution is 2.09. The van der Waals surface area contributed by atoms with Crippen LogP contribution in [0, 0.1) is 5.82 Å². The zero-order valence-corrected chi connectivity index (χ0v) is 8.96. The molecule has 0 radical (unpaired) electrons. The van der Waals surface area contributed by atoms with Crippen LogP contribution in [0.3, 0.4) is 0 Å². The standard InChI is InChI=1S/C9H10FNO4S/c10-7-1-3-8(4-2-7)16(14,15)11-6-5-9(12)13/h1-4,11H,5-6H2,(H,12,13)/p-1. The summed E-state index contributed by atoms with van der Waals surface area (Å²) in [6.07, 6.45) is -0.416. The Balaban J connectivity index is 2.71. The van der Waals surface area contributed by atoms with Gasteiger partial charge in [0.2, 0.25) is 10.0 Å². The van der Waals surface area contributed by atoms with Gasteiger partial charge < -0.3 is 9.90 Å². The van der Waals surface area contributed by atoms with Crippen LogP contribution in [0.2, 0.25) is 0 Å². The summed E-state index contributed by atoms with van der Waals surface area (Å²) >= 11 is 0. The molecule has 0 unspecified atom stereocenters. The summed E-state index contributed by atoms with van der Waals surface area (Å²) in [5.41, 5.74) is 0. The maximum atomic E-state index is 12.5. The number of sulfonamides is 1. The van der Waals surface area contributed by atoms with E-state index in [1.54, 1.807) is 0 Å². The van der Waals surface area contributed by atoms with Crippen molar-refractivity contribution in [1.82, 2.24) is 4.72 Å². The normalized spacial score (nSPS) is 11.3. The van der Waals surface area contributed by atoms with Gasteiger partial charge in [0.05, 0.1) is 4.90 Å². The fourth-order valence-electron chi connectivity index (χ4n) is 0.985. The molecule has 88 valence electrons. The molecule has 0 amide bonds. The summed E-state index contributed by atoms with van der Waals surface area (Å²) in [5, 5.41) is 10.1. The van der Waals surface area contributed by atoms with E-state index in [4.69, 9.17) is 0 Å². The van der Waals surface area contributed by atoms with Gasteiger partial charge in [0.1, 0.15) is 5.82 Å². The molecule has 1 aromatic rings. The lowest BCUT2D eigenvalue weighted by Crippen LogP contribution is -2.31. The Morgan fingerprint density at radius 1 is 1.31 bits per heavy atom. The van der Waals surface area contributed by atoms with Crippen LogP contribution in [-0.4, -0.2) is 20.9 Å². The van der Waals surface area contributed by atoms with E-state index in [1.165, 1.54) is 0 Å². The van der Waals surface area contributed by atoms with Gasteiger partial charge in [-0.15, -0.1) is 0 Å². The molecule has 16 heavy (non-hydrogen) atoms. The summed E-state index contributed by atoms with van der Waals surface area (Å²) in [6.45, 7) is -0.262. The first-order valence-corrected chi connectivity index (χ1v) is 5.85. The highest BCUT2D eigenvalue weighted by atomic mass is 32.2. The van der Waals surface area contributed by atoms with Crippen LogP contribution in [0.15, 0.2) is 29.2 Å². The Bertz CT molecular complexity index is 469. The van der Waals surface area contributed by atoms with Crippen LogP contribution in [0.25, 0.3) is 0 Å². The van der Waals surface area contributed by atoms with Gasteiger partial charge in [-0.1, -0.05) is 0 Å². The Kier molecular flexibility index (Phi) is 3.97. The number of carboxylic acid groups (broad SMARTS) is 1. The van der Waals surface area contributed by atoms with E-state index in [9.17, 15) is 22.7 Å². The van der Waals surface area contributed by atoms with Crippen LogP contribution >= 0.6 is 0 Å². The third-order valence-electron chi connectivity index (χ3n) is 1.75. The molecule has 0 atom stereocenters. The van der Waals surface area contributed by atoms with Crippen molar-refractivity contribution >= 4 is 16.0 Å². The molecule has 0 fully saturated rings. The van der Waals surface area contributed by atoms with Crippen LogP contribution in [-0.2, 0) is 14.8 Å². The number of benzene rings is 1. The number of aliphatic carboxylic acids is 1. The number of hydrogen-bond acceptors (Lipinski definition) is 4. The third-order valence-corrected chi connectivity index (χ3v) is 3.22. The molecule has 0 heterocycles. The Morgan fingerprint density at radius 3 is 2.38 bits per heavy atom. The Labute approximate surface area is 92.0 Å². The summed E-state index contributed by atoms with van der Waals surface area (Å²) in [5.74, 6) is -1.89. The summed E-state index contributed by atoms with van der Waals surface area (Å²) < 4.78 is 37.5. The van der Waals surface area contributed by atoms with Crippen molar-refractivity contribution in [1.29, 1.82) is 0 Å². The molecule has 0 aliphatic rings. The molecule has 0 saturated heterocycles. The van der Waals surface area contributed by atoms with Crippen LogP contribution in [0.5, 0.6) is 0 Å². The van der Waals surface area contributed by atoms with Gasteiger partial charge in [-0.3, -0.25) is 0 Å². The molecule has 0 saturated carbocycles. The maximum absolute atomic E-state index is 12.5. The van der Waals surface area contributed by atoms with Gasteiger partial charge in [-0.25, -0.2) is 17.5 Å². The van der Waals surface area contributed by atoms with Crippen molar-refractivity contribution in [3.05, 3.63) is 30.1 Å². The minimum atomic E-state index is -3.78. The van der Waals surface area contributed by atoms with E-state index < -0.39 is 28.2 Å². The van der Waals surface area contributed by atoms with Gasteiger partial charge in [0.15, 0.2) is 0 Å². The molecule has 0 aliphatic heterocycles. The lowest BCUT2D eigenvalue weighted by molar-refractivity contribution is -0.305. The summed E-state index contributed by atoms with van der Waals surface area (Å²) in [4.78, 5) is 9.95. The number of carbonyl (C=O) groups excluding carboxylic acids is 1. The maximum Gasteiger partial charge on any atom is 0.240 e. The number of rotatable bonds is 5. The zero-order chi connectivity index (χ0) is 12.2. The minimum Gasteiger partial charge on any atom is -0.550 e. The lowest BCUT2D eigenvalue weighted by Gasteiger charge is -2.06. The van der Waals surface area contributed by atoms with Crippen molar-refractivity contribution in [2.45, 2.75) is 11.3 Å². The molecular weight excluding hydrogens is 237 g/mol. The SMILES string of the molecule is O=C([O-])CCNS(=O)(=O)c1ccc(F)cc1. The smallest absolute Gasteiger partial charge is 0.240 e. The van der Waals surface area contributed by atoms with E-state index in [1.807, 2.05) is 0 Å². The lowest BCUT2D eigenvalue weighted by atomic mass is 10.4. The molecule has 0 spiro atoms. The fraction of sp³-hybridized carbons (Fsp3) is 0.222. The van der Waals surface area contributed by atoms with Crippen LogP contribution in [0.1, 0.15) is 6.42 Å². The van der Waals surface area contributed by atoms with E-state index >= 15 is 0 Å². The topological polar surface area (TPSA) is 86.3 Å². The summed E-state index contributed by atoms with van der Waals surface area (Å²) in [6, 6.07) is 4.20. The molecule has 1 rings (SSSR count). The van der Waals surface area contributed by atoms with Crippen molar-refractivity contribution in [2.75, 3.05) is 6.54 Å². The third kappa shape index (κ3) is 3.59. The summed E-state index contributed by atoms with van der Waals surface area (Å²) in [7, 11) is -3.78. The molecule has 0 aliphatic carbocycles. The first-order chi connectivity index (χ1) is 7.42. The van der Waals surface area contributed by atoms with Crippen molar-refractivity contribution in [3.8, 4) is 0 Å². The highest BCUT2D eigenvalue weighted by molar-refractivity contribution is 7.89. The van der Waals surface area contributed by atoms with Gasteiger partial charge in [0.25, 0.3) is 0 Å². The Morgan fingerprint density at radius 2 is 1.88 bits per heavy atom. The molecule has 5 nitrogen and oxygen atoms in total. The number of carboxylic acids is 1. The van der Waals surface area contributed by atoms with Crippen LogP contribution < -0.4 is 9.83 Å². The van der Waals surface area contributed by atoms with Gasteiger partial charge in [-0.05, 0) is 24.3 Å². The number of halogens is 1. The predicted octanol–water partition coefficient (Wildman–Crippen LogP) is -0.756. The predicted molar refractivity (Wildman–Crippen MR) is 51.2 cm³/mol. The Hall–Kier alpha value is -1.47. The van der Waals surface area contributed by atoms with Crippen LogP contribution in [0.4, 0.5) is 4.39 Å². The zero-order valence-electron chi connectivity index (χ0n) is 8.14. The molecule has 1 aromatic carbocycles. The second-order valence-electron chi connectivity index (χ2n) is 2.97. The molecular formula is C9H9FNO4S-. The van der Waals surface area contributed by atoms with Gasteiger partial charge >= 0.3 is 0 Å². The number of hydrogen-bond donors (Lipinski definition) is 1. The number of nitrogens with one attached hydrogen (secondary N) is 1. The van der Waals surface area contributed by atoms with E-state index in [-0.39, 0.29) is 11.4 Å². The minimum absolute atomic E-state index is 0.118.